The van der Waals surface area contributed by atoms with Gasteiger partial charge in [0.2, 0.25) is 5.95 Å². The Kier molecular flexibility index (Phi) is 10.7. The first kappa shape index (κ1) is 36.9. The van der Waals surface area contributed by atoms with Gasteiger partial charge in [0, 0.05) is 61.4 Å². The Hall–Kier alpha value is -4.37. The summed E-state index contributed by atoms with van der Waals surface area (Å²) in [5.41, 5.74) is -2.89. The molecule has 3 aromatic rings. The molecule has 50 heavy (non-hydrogen) atoms. The molecule has 1 amide bonds. The Balaban J connectivity index is 1.48. The number of anilines is 1. The number of halogens is 6. The molecule has 1 N–H and O–H groups in total. The van der Waals surface area contributed by atoms with Gasteiger partial charge in [-0.05, 0) is 62.3 Å². The molecule has 2 aliphatic rings. The van der Waals surface area contributed by atoms with Crippen LogP contribution in [0.4, 0.5) is 37.1 Å². The van der Waals surface area contributed by atoms with Crippen LogP contribution in [0.2, 0.25) is 0 Å². The largest absolute Gasteiger partial charge is 0.481 e. The van der Waals surface area contributed by atoms with Gasteiger partial charge in [-0.3, -0.25) is 9.48 Å². The van der Waals surface area contributed by atoms with Crippen molar-refractivity contribution in [2.75, 3.05) is 11.5 Å². The van der Waals surface area contributed by atoms with E-state index in [9.17, 15) is 41.0 Å². The van der Waals surface area contributed by atoms with Crippen molar-refractivity contribution in [3.8, 4) is 11.1 Å². The fourth-order valence-electron chi connectivity index (χ4n) is 7.13. The van der Waals surface area contributed by atoms with Crippen molar-refractivity contribution in [1.82, 2.24) is 24.6 Å². The van der Waals surface area contributed by atoms with Gasteiger partial charge in [-0.15, -0.1) is 0 Å². The molecule has 10 nitrogen and oxygen atoms in total. The molecule has 2 aromatic heterocycles. The number of hydrogen-bond donors (Lipinski definition) is 1. The first-order valence-corrected chi connectivity index (χ1v) is 16.6. The van der Waals surface area contributed by atoms with Crippen molar-refractivity contribution >= 4 is 18.0 Å². The number of rotatable bonds is 10. The summed E-state index contributed by atoms with van der Waals surface area (Å²) < 4.78 is 90.1. The van der Waals surface area contributed by atoms with Crippen molar-refractivity contribution in [1.29, 1.82) is 0 Å². The normalized spacial score (nSPS) is 20.9. The Labute approximate surface area is 285 Å². The second kappa shape index (κ2) is 14.5. The number of aromatic nitrogens is 4. The van der Waals surface area contributed by atoms with E-state index in [1.807, 2.05) is 13.8 Å². The summed E-state index contributed by atoms with van der Waals surface area (Å²) in [6.07, 6.45) is -0.553. The van der Waals surface area contributed by atoms with Gasteiger partial charge in [0.1, 0.15) is 12.0 Å². The monoisotopic (exact) mass is 710 g/mol. The molecule has 1 saturated carbocycles. The number of alkyl halides is 6. The number of amides is 1. The van der Waals surface area contributed by atoms with Crippen LogP contribution in [0.1, 0.15) is 81.9 Å². The van der Waals surface area contributed by atoms with Crippen LogP contribution < -0.4 is 4.90 Å². The molecule has 272 valence electrons. The van der Waals surface area contributed by atoms with Crippen LogP contribution in [0.5, 0.6) is 0 Å². The summed E-state index contributed by atoms with van der Waals surface area (Å²) in [7, 11) is 1.74. The lowest BCUT2D eigenvalue weighted by Crippen LogP contribution is -2.57. The van der Waals surface area contributed by atoms with Crippen molar-refractivity contribution < 1.29 is 45.8 Å². The Bertz CT molecular complexity index is 1610. The second-order valence-corrected chi connectivity index (χ2v) is 13.2. The number of carbonyl (C=O) groups is 2. The molecule has 1 aliphatic carbocycles. The molecular weight excluding hydrogens is 670 g/mol. The minimum atomic E-state index is -5.02. The molecule has 0 spiro atoms. The number of aryl methyl sites for hydroxylation is 1. The number of carbonyl (C=O) groups excluding carboxylic acids is 1. The minimum absolute atomic E-state index is 0.0947. The average molecular weight is 711 g/mol. The minimum Gasteiger partial charge on any atom is -0.481 e. The third-order valence-corrected chi connectivity index (χ3v) is 9.89. The number of piperidine rings is 1. The highest BCUT2D eigenvalue weighted by molar-refractivity contribution is 5.76. The van der Waals surface area contributed by atoms with Gasteiger partial charge < -0.3 is 19.6 Å². The van der Waals surface area contributed by atoms with E-state index in [1.54, 1.807) is 33.9 Å². The van der Waals surface area contributed by atoms with Crippen LogP contribution in [-0.2, 0) is 35.5 Å². The topological polar surface area (TPSA) is 114 Å². The number of nitrogens with zero attached hydrogens (tertiary/aromatic N) is 6. The standard InChI is InChI=1S/C34H40F6N6O4/c1-4-26-13-28(14-27(5-2)46(26)31(49)50-20-32(29(47)48)8-6-7-9-32)45(30-41-15-22(16-42-30)23-17-43-44(3)19-23)18-21-10-24(33(35,36)37)12-25(11-21)34(38,39)40/h10-12,15-17,19,26-28H,4-9,13-14,18,20H2,1-3H3,(H,47,48)/t26-,27+,28+. The summed E-state index contributed by atoms with van der Waals surface area (Å²) in [5, 5.41) is 14.0. The van der Waals surface area contributed by atoms with Crippen LogP contribution in [0, 0.1) is 5.41 Å². The van der Waals surface area contributed by atoms with Gasteiger partial charge in [-0.1, -0.05) is 26.7 Å². The Morgan fingerprint density at radius 3 is 1.94 bits per heavy atom. The number of ether oxygens (including phenoxy) is 1. The summed E-state index contributed by atoms with van der Waals surface area (Å²) in [6, 6.07) is 0.142. The maximum absolute atomic E-state index is 13.8. The lowest BCUT2D eigenvalue weighted by molar-refractivity contribution is -0.151. The Morgan fingerprint density at radius 2 is 1.48 bits per heavy atom. The highest BCUT2D eigenvalue weighted by Crippen LogP contribution is 2.41. The molecule has 1 aromatic carbocycles. The molecule has 3 atom stereocenters. The average Bonchev–Trinajstić information content (AvgIpc) is 3.75. The van der Waals surface area contributed by atoms with Crippen LogP contribution in [0.15, 0.2) is 43.0 Å². The molecule has 1 aliphatic heterocycles. The van der Waals surface area contributed by atoms with E-state index in [4.69, 9.17) is 4.74 Å². The zero-order valence-electron chi connectivity index (χ0n) is 28.0. The van der Waals surface area contributed by atoms with Gasteiger partial charge in [0.15, 0.2) is 0 Å². The fourth-order valence-corrected chi connectivity index (χ4v) is 7.13. The maximum atomic E-state index is 13.8. The van der Waals surface area contributed by atoms with Gasteiger partial charge in [-0.2, -0.15) is 31.4 Å². The van der Waals surface area contributed by atoms with Crippen molar-refractivity contribution in [3.63, 3.8) is 0 Å². The maximum Gasteiger partial charge on any atom is 0.416 e. The highest BCUT2D eigenvalue weighted by Gasteiger charge is 2.45. The van der Waals surface area contributed by atoms with E-state index in [1.165, 1.54) is 12.4 Å². The lowest BCUT2D eigenvalue weighted by Gasteiger charge is -2.47. The number of hydrogen-bond acceptors (Lipinski definition) is 7. The van der Waals surface area contributed by atoms with Gasteiger partial charge in [0.05, 0.1) is 17.3 Å². The Morgan fingerprint density at radius 1 is 0.920 bits per heavy atom. The van der Waals surface area contributed by atoms with Crippen LogP contribution in [-0.4, -0.2) is 66.5 Å². The van der Waals surface area contributed by atoms with E-state index in [2.05, 4.69) is 15.1 Å². The quantitative estimate of drug-likeness (QED) is 0.213. The van der Waals surface area contributed by atoms with E-state index >= 15 is 0 Å². The summed E-state index contributed by atoms with van der Waals surface area (Å²) >= 11 is 0. The van der Waals surface area contributed by atoms with E-state index < -0.39 is 59.1 Å². The smallest absolute Gasteiger partial charge is 0.416 e. The highest BCUT2D eigenvalue weighted by atomic mass is 19.4. The summed E-state index contributed by atoms with van der Waals surface area (Å²) in [4.78, 5) is 37.9. The van der Waals surface area contributed by atoms with Crippen molar-refractivity contribution in [2.45, 2.75) is 102 Å². The molecule has 0 unspecified atom stereocenters. The molecular formula is C34H40F6N6O4. The van der Waals surface area contributed by atoms with E-state index in [-0.39, 0.29) is 43.6 Å². The van der Waals surface area contributed by atoms with Gasteiger partial charge in [-0.25, -0.2) is 14.8 Å². The summed E-state index contributed by atoms with van der Waals surface area (Å²) in [5.74, 6) is -0.909. The third kappa shape index (κ3) is 7.99. The van der Waals surface area contributed by atoms with Crippen molar-refractivity contribution in [3.05, 3.63) is 59.7 Å². The lowest BCUT2D eigenvalue weighted by atomic mass is 9.87. The molecule has 3 heterocycles. The number of carboxylic acid groups (broad SMARTS) is 1. The number of likely N-dealkylation sites (tertiary alicyclic amines) is 1. The SMILES string of the molecule is CC[C@@H]1C[C@H](N(Cc2cc(C(F)(F)F)cc(C(F)(F)F)c2)c2ncc(-c3cnn(C)c3)cn2)C[C@H](CC)N1C(=O)OCC1(C(=O)O)CCCC1. The molecule has 1 saturated heterocycles. The third-order valence-electron chi connectivity index (χ3n) is 9.89. The predicted octanol–water partition coefficient (Wildman–Crippen LogP) is 7.72. The molecule has 0 radical (unpaired) electrons. The molecule has 2 fully saturated rings. The molecule has 5 rings (SSSR count). The van der Waals surface area contributed by atoms with Crippen LogP contribution in [0.3, 0.4) is 0 Å². The first-order chi connectivity index (χ1) is 23.5. The zero-order chi connectivity index (χ0) is 36.4. The number of carboxylic acids is 1. The van der Waals surface area contributed by atoms with Crippen LogP contribution >= 0.6 is 0 Å². The van der Waals surface area contributed by atoms with Gasteiger partial charge >= 0.3 is 24.4 Å². The second-order valence-electron chi connectivity index (χ2n) is 13.2. The van der Waals surface area contributed by atoms with Crippen LogP contribution in [0.25, 0.3) is 11.1 Å². The molecule has 0 bridgehead atoms. The summed E-state index contributed by atoms with van der Waals surface area (Å²) in [6.45, 7) is 3.10. The number of benzene rings is 1. The van der Waals surface area contributed by atoms with E-state index in [0.29, 0.717) is 48.9 Å². The predicted molar refractivity (Wildman–Crippen MR) is 170 cm³/mol. The first-order valence-electron chi connectivity index (χ1n) is 16.6. The van der Waals surface area contributed by atoms with E-state index in [0.717, 1.165) is 12.8 Å². The fraction of sp³-hybridized carbons (Fsp3) is 0.559. The van der Waals surface area contributed by atoms with Crippen molar-refractivity contribution in [2.24, 2.45) is 12.5 Å². The number of aliphatic carboxylic acids is 1. The zero-order valence-corrected chi connectivity index (χ0v) is 28.0. The van der Waals surface area contributed by atoms with Gasteiger partial charge in [0.25, 0.3) is 0 Å². The molecule has 16 heteroatoms.